The van der Waals surface area contributed by atoms with E-state index in [9.17, 15) is 0 Å². The summed E-state index contributed by atoms with van der Waals surface area (Å²) in [6, 6.07) is 0. The number of rotatable bonds is 2. The van der Waals surface area contributed by atoms with E-state index in [-0.39, 0.29) is 0 Å². The van der Waals surface area contributed by atoms with E-state index in [1.807, 2.05) is 26.4 Å². The van der Waals surface area contributed by atoms with Crippen LogP contribution >= 0.6 is 0 Å². The predicted octanol–water partition coefficient (Wildman–Crippen LogP) is 2.32. The molecule has 0 radical (unpaired) electrons. The van der Waals surface area contributed by atoms with Crippen molar-refractivity contribution in [2.45, 2.75) is 33.7 Å². The van der Waals surface area contributed by atoms with Crippen LogP contribution < -0.4 is 0 Å². The maximum Gasteiger partial charge on any atom is 0.0945 e. The molecule has 0 atom stereocenters. The molecule has 2 heteroatoms. The van der Waals surface area contributed by atoms with Crippen LogP contribution in [0.4, 0.5) is 0 Å². The highest BCUT2D eigenvalue weighted by atomic mass is 15.0. The number of hydrogen-bond donors (Lipinski definition) is 0. The Hall–Kier alpha value is -0.790. The average Bonchev–Trinajstić information content (AvgIpc) is 2.46. The minimum atomic E-state index is 1.08. The number of hydrogen-bond acceptors (Lipinski definition) is 1. The first-order valence-corrected chi connectivity index (χ1v) is 3.89. The molecule has 0 fully saturated rings. The first-order valence-electron chi connectivity index (χ1n) is 3.89. The van der Waals surface area contributed by atoms with E-state index in [2.05, 4.69) is 16.5 Å². The van der Waals surface area contributed by atoms with Crippen LogP contribution in [-0.2, 0) is 6.54 Å². The van der Waals surface area contributed by atoms with Gasteiger partial charge in [-0.3, -0.25) is 0 Å². The Morgan fingerprint density at radius 3 is 2.50 bits per heavy atom. The molecule has 0 N–H and O–H groups in total. The van der Waals surface area contributed by atoms with E-state index in [0.29, 0.717) is 0 Å². The third kappa shape index (κ3) is 3.28. The lowest BCUT2D eigenvalue weighted by atomic mass is 10.5. The lowest BCUT2D eigenvalue weighted by molar-refractivity contribution is 0.678. The summed E-state index contributed by atoms with van der Waals surface area (Å²) >= 11 is 0. The van der Waals surface area contributed by atoms with Gasteiger partial charge >= 0.3 is 0 Å². The van der Waals surface area contributed by atoms with Crippen molar-refractivity contribution < 1.29 is 0 Å². The summed E-state index contributed by atoms with van der Waals surface area (Å²) in [5, 5.41) is 0. The molecule has 1 aromatic rings. The van der Waals surface area contributed by atoms with Gasteiger partial charge < -0.3 is 4.57 Å². The summed E-state index contributed by atoms with van der Waals surface area (Å²) in [6.07, 6.45) is 6.79. The summed E-state index contributed by atoms with van der Waals surface area (Å²) in [7, 11) is 0. The van der Waals surface area contributed by atoms with Gasteiger partial charge in [0.25, 0.3) is 0 Å². The van der Waals surface area contributed by atoms with Gasteiger partial charge in [-0.25, -0.2) is 4.98 Å². The van der Waals surface area contributed by atoms with Crippen LogP contribution in [0.1, 0.15) is 27.2 Å². The number of nitrogens with zero attached hydrogens (tertiary/aromatic N) is 2. The Bertz CT molecular complexity index is 133. The lowest BCUT2D eigenvalue weighted by Crippen LogP contribution is -1.90. The zero-order chi connectivity index (χ0) is 7.82. The molecular weight excluding hydrogens is 124 g/mol. The Morgan fingerprint density at radius 1 is 1.40 bits per heavy atom. The summed E-state index contributed by atoms with van der Waals surface area (Å²) < 4.78 is 2.07. The van der Waals surface area contributed by atoms with E-state index in [1.165, 1.54) is 6.42 Å². The Labute approximate surface area is 62.9 Å². The van der Waals surface area contributed by atoms with Gasteiger partial charge in [0.15, 0.2) is 0 Å². The maximum absolute atomic E-state index is 3.90. The van der Waals surface area contributed by atoms with Crippen molar-refractivity contribution in [3.8, 4) is 0 Å². The summed E-state index contributed by atoms with van der Waals surface area (Å²) in [4.78, 5) is 3.90. The lowest BCUT2D eigenvalue weighted by Gasteiger charge is -1.93. The predicted molar refractivity (Wildman–Crippen MR) is 43.9 cm³/mol. The van der Waals surface area contributed by atoms with Gasteiger partial charge in [-0.2, -0.15) is 0 Å². The van der Waals surface area contributed by atoms with Gasteiger partial charge in [0.2, 0.25) is 0 Å². The van der Waals surface area contributed by atoms with Crippen LogP contribution in [-0.4, -0.2) is 9.55 Å². The zero-order valence-corrected chi connectivity index (χ0v) is 7.04. The van der Waals surface area contributed by atoms with Crippen LogP contribution in [0.25, 0.3) is 0 Å². The third-order valence-electron chi connectivity index (χ3n) is 1.04. The van der Waals surface area contributed by atoms with Crippen molar-refractivity contribution >= 4 is 0 Å². The normalized spacial score (nSPS) is 8.30. The Kier molecular flexibility index (Phi) is 5.83. The number of aryl methyl sites for hydroxylation is 1. The van der Waals surface area contributed by atoms with Crippen LogP contribution in [0.15, 0.2) is 18.7 Å². The average molecular weight is 140 g/mol. The summed E-state index contributed by atoms with van der Waals surface area (Å²) in [6.45, 7) is 7.24. The second kappa shape index (κ2) is 6.33. The fourth-order valence-corrected chi connectivity index (χ4v) is 0.677. The minimum absolute atomic E-state index is 1.08. The van der Waals surface area contributed by atoms with E-state index < -0.39 is 0 Å². The molecule has 10 heavy (non-hydrogen) atoms. The quantitative estimate of drug-likeness (QED) is 0.616. The Morgan fingerprint density at radius 2 is 2.10 bits per heavy atom. The van der Waals surface area contributed by atoms with Gasteiger partial charge in [0.1, 0.15) is 0 Å². The van der Waals surface area contributed by atoms with Gasteiger partial charge in [-0.05, 0) is 6.42 Å². The molecule has 1 aromatic heterocycles. The second-order valence-corrected chi connectivity index (χ2v) is 1.80. The van der Waals surface area contributed by atoms with E-state index >= 15 is 0 Å². The van der Waals surface area contributed by atoms with Crippen molar-refractivity contribution in [1.82, 2.24) is 9.55 Å². The van der Waals surface area contributed by atoms with Crippen molar-refractivity contribution in [2.75, 3.05) is 0 Å². The molecule has 1 rings (SSSR count). The smallest absolute Gasteiger partial charge is 0.0945 e. The van der Waals surface area contributed by atoms with Gasteiger partial charge in [-0.1, -0.05) is 20.8 Å². The molecule has 1 heterocycles. The highest BCUT2D eigenvalue weighted by Gasteiger charge is 1.81. The second-order valence-electron chi connectivity index (χ2n) is 1.80. The van der Waals surface area contributed by atoms with Gasteiger partial charge in [0.05, 0.1) is 6.33 Å². The number of aromatic nitrogens is 2. The fourth-order valence-electron chi connectivity index (χ4n) is 0.677. The van der Waals surface area contributed by atoms with Crippen LogP contribution in [0, 0.1) is 0 Å². The van der Waals surface area contributed by atoms with Crippen LogP contribution in [0.2, 0.25) is 0 Å². The molecule has 2 nitrogen and oxygen atoms in total. The van der Waals surface area contributed by atoms with Crippen molar-refractivity contribution in [3.05, 3.63) is 18.7 Å². The molecule has 0 saturated heterocycles. The molecule has 0 aliphatic carbocycles. The topological polar surface area (TPSA) is 17.8 Å². The van der Waals surface area contributed by atoms with E-state index in [4.69, 9.17) is 0 Å². The maximum atomic E-state index is 3.90. The highest BCUT2D eigenvalue weighted by molar-refractivity contribution is 4.73. The van der Waals surface area contributed by atoms with Gasteiger partial charge in [0, 0.05) is 18.9 Å². The SMILES string of the molecule is CC.CCCn1ccnc1. The third-order valence-corrected chi connectivity index (χ3v) is 1.04. The monoisotopic (exact) mass is 140 g/mol. The molecule has 0 bridgehead atoms. The molecule has 58 valence electrons. The summed E-state index contributed by atoms with van der Waals surface area (Å²) in [5.74, 6) is 0. The van der Waals surface area contributed by atoms with Crippen LogP contribution in [0.5, 0.6) is 0 Å². The Balaban J connectivity index is 0.000000371. The molecule has 0 amide bonds. The highest BCUT2D eigenvalue weighted by Crippen LogP contribution is 1.87. The van der Waals surface area contributed by atoms with E-state index in [1.54, 1.807) is 6.20 Å². The molecular formula is C8H16N2. The molecule has 0 spiro atoms. The largest absolute Gasteiger partial charge is 0.338 e. The van der Waals surface area contributed by atoms with Crippen molar-refractivity contribution in [1.29, 1.82) is 0 Å². The van der Waals surface area contributed by atoms with Crippen molar-refractivity contribution in [2.24, 2.45) is 0 Å². The fraction of sp³-hybridized carbons (Fsp3) is 0.625. The summed E-state index contributed by atoms with van der Waals surface area (Å²) in [5.41, 5.74) is 0. The van der Waals surface area contributed by atoms with Crippen LogP contribution in [0.3, 0.4) is 0 Å². The molecule has 0 aromatic carbocycles. The minimum Gasteiger partial charge on any atom is -0.338 e. The first kappa shape index (κ1) is 9.21. The van der Waals surface area contributed by atoms with Crippen molar-refractivity contribution in [3.63, 3.8) is 0 Å². The molecule has 0 saturated carbocycles. The molecule has 0 unspecified atom stereocenters. The first-order chi connectivity index (χ1) is 4.93. The standard InChI is InChI=1S/C6H10N2.C2H6/c1-2-4-8-5-3-7-6-8;1-2/h3,5-6H,2,4H2,1H3;1-2H3. The number of imidazole rings is 1. The van der Waals surface area contributed by atoms with E-state index in [0.717, 1.165) is 6.54 Å². The zero-order valence-electron chi connectivity index (χ0n) is 7.04. The molecule has 0 aliphatic rings. The van der Waals surface area contributed by atoms with Gasteiger partial charge in [-0.15, -0.1) is 0 Å². The molecule has 0 aliphatic heterocycles.